The molecule has 0 amide bonds. The van der Waals surface area contributed by atoms with Crippen LogP contribution in [0.15, 0.2) is 205 Å². The highest BCUT2D eigenvalue weighted by molar-refractivity contribution is 6.06. The molecule has 0 unspecified atom stereocenters. The molecule has 8 aromatic carbocycles. The lowest BCUT2D eigenvalue weighted by Gasteiger charge is -2.18. The van der Waals surface area contributed by atoms with Crippen molar-refractivity contribution in [3.05, 3.63) is 200 Å². The molecule has 0 atom stereocenters. The fraction of sp³-hybridized carbons (Fsp3) is 0. The number of hydrogen-bond acceptors (Lipinski definition) is 4. The summed E-state index contributed by atoms with van der Waals surface area (Å²) < 4.78 is 6.32. The quantitative estimate of drug-likeness (QED) is 0.166. The first kappa shape index (κ1) is 32.2. The molecule has 0 N–H and O–H groups in total. The van der Waals surface area contributed by atoms with Crippen molar-refractivity contribution in [2.45, 2.75) is 0 Å². The summed E-state index contributed by atoms with van der Waals surface area (Å²) in [5.41, 5.74) is 14.0. The Hall–Kier alpha value is -7.43. The fourth-order valence-corrected chi connectivity index (χ4v) is 7.48. The van der Waals surface area contributed by atoms with Crippen LogP contribution in [-0.4, -0.2) is 15.0 Å². The Morgan fingerprint density at radius 2 is 0.945 bits per heavy atom. The smallest absolute Gasteiger partial charge is 0.227 e. The Bertz CT molecular complexity index is 2910. The van der Waals surface area contributed by atoms with Gasteiger partial charge in [-0.2, -0.15) is 0 Å². The van der Waals surface area contributed by atoms with Crippen LogP contribution < -0.4 is 0 Å². The molecule has 258 valence electrons. The lowest BCUT2D eigenvalue weighted by Crippen LogP contribution is -1.96. The van der Waals surface area contributed by atoms with Crippen LogP contribution in [0.1, 0.15) is 0 Å². The zero-order valence-electron chi connectivity index (χ0n) is 29.8. The maximum Gasteiger partial charge on any atom is 0.227 e. The van der Waals surface area contributed by atoms with Crippen molar-refractivity contribution < 1.29 is 4.42 Å². The van der Waals surface area contributed by atoms with E-state index in [9.17, 15) is 0 Å². The average molecular weight is 704 g/mol. The van der Waals surface area contributed by atoms with Crippen molar-refractivity contribution in [2.75, 3.05) is 0 Å². The van der Waals surface area contributed by atoms with E-state index in [1.54, 1.807) is 0 Å². The van der Waals surface area contributed by atoms with Crippen LogP contribution in [0.2, 0.25) is 0 Å². The molecule has 55 heavy (non-hydrogen) atoms. The lowest BCUT2D eigenvalue weighted by molar-refractivity contribution is 0.620. The van der Waals surface area contributed by atoms with Crippen LogP contribution in [-0.2, 0) is 0 Å². The predicted molar refractivity (Wildman–Crippen MR) is 225 cm³/mol. The first-order valence-corrected chi connectivity index (χ1v) is 18.4. The van der Waals surface area contributed by atoms with Crippen molar-refractivity contribution >= 4 is 21.9 Å². The van der Waals surface area contributed by atoms with Crippen molar-refractivity contribution in [2.24, 2.45) is 0 Å². The van der Waals surface area contributed by atoms with Crippen molar-refractivity contribution in [3.8, 4) is 78.7 Å². The van der Waals surface area contributed by atoms with Gasteiger partial charge in [-0.05, 0) is 80.6 Å². The van der Waals surface area contributed by atoms with Gasteiger partial charge in [-0.15, -0.1) is 0 Å². The molecule has 0 aliphatic rings. The molecule has 0 saturated heterocycles. The minimum Gasteiger partial charge on any atom is -0.436 e. The summed E-state index contributed by atoms with van der Waals surface area (Å²) in [6.45, 7) is 0. The summed E-state index contributed by atoms with van der Waals surface area (Å²) in [5, 5.41) is 2.35. The standard InChI is InChI=1S/C51H33N3O/c1-4-16-35(17-5-1)46-33-47(36-18-6-2-7-19-36)53-50(52-46)40-23-14-22-39(31-40)49-42-25-11-10-15-34(42)27-29-44(49)43-26-13-12-24-41(43)38-28-30-45-48(32-38)55-51(54-45)37-20-8-3-9-21-37/h1-33H. The molecule has 2 aromatic heterocycles. The summed E-state index contributed by atoms with van der Waals surface area (Å²) in [5.74, 6) is 1.30. The van der Waals surface area contributed by atoms with E-state index in [4.69, 9.17) is 19.4 Å². The van der Waals surface area contributed by atoms with Gasteiger partial charge in [0.2, 0.25) is 5.89 Å². The molecule has 0 aliphatic heterocycles. The lowest BCUT2D eigenvalue weighted by atomic mass is 9.86. The summed E-state index contributed by atoms with van der Waals surface area (Å²) in [4.78, 5) is 15.1. The van der Waals surface area contributed by atoms with Gasteiger partial charge < -0.3 is 4.42 Å². The van der Waals surface area contributed by atoms with E-state index in [1.807, 2.05) is 66.7 Å². The molecular formula is C51H33N3O. The Balaban J connectivity index is 1.13. The highest BCUT2D eigenvalue weighted by Gasteiger charge is 2.18. The number of hydrogen-bond donors (Lipinski definition) is 0. The topological polar surface area (TPSA) is 51.8 Å². The van der Waals surface area contributed by atoms with Crippen LogP contribution in [0, 0.1) is 0 Å². The molecule has 0 spiro atoms. The zero-order valence-corrected chi connectivity index (χ0v) is 29.8. The van der Waals surface area contributed by atoms with Gasteiger partial charge in [0.15, 0.2) is 11.4 Å². The van der Waals surface area contributed by atoms with Crippen LogP contribution in [0.3, 0.4) is 0 Å². The number of nitrogens with zero attached hydrogens (tertiary/aromatic N) is 3. The highest BCUT2D eigenvalue weighted by Crippen LogP contribution is 2.43. The number of oxazole rings is 1. The Labute approximate surface area is 319 Å². The second-order valence-corrected chi connectivity index (χ2v) is 13.6. The molecule has 4 nitrogen and oxygen atoms in total. The molecule has 0 saturated carbocycles. The van der Waals surface area contributed by atoms with Gasteiger partial charge in [-0.1, -0.05) is 164 Å². The minimum atomic E-state index is 0.618. The second kappa shape index (κ2) is 13.8. The minimum absolute atomic E-state index is 0.618. The first-order valence-electron chi connectivity index (χ1n) is 18.4. The van der Waals surface area contributed by atoms with Gasteiger partial charge in [-0.25, -0.2) is 15.0 Å². The third-order valence-electron chi connectivity index (χ3n) is 10.1. The Kier molecular flexibility index (Phi) is 8.12. The van der Waals surface area contributed by atoms with Gasteiger partial charge in [0, 0.05) is 22.3 Å². The van der Waals surface area contributed by atoms with E-state index >= 15 is 0 Å². The summed E-state index contributed by atoms with van der Waals surface area (Å²) in [6.07, 6.45) is 0. The number of rotatable bonds is 7. The van der Waals surface area contributed by atoms with E-state index in [2.05, 4.69) is 133 Å². The number of fused-ring (bicyclic) bond motifs is 2. The van der Waals surface area contributed by atoms with E-state index in [0.717, 1.165) is 78.1 Å². The van der Waals surface area contributed by atoms with Gasteiger partial charge in [0.25, 0.3) is 0 Å². The molecule has 0 radical (unpaired) electrons. The highest BCUT2D eigenvalue weighted by atomic mass is 16.3. The summed E-state index contributed by atoms with van der Waals surface area (Å²) in [6, 6.07) is 69.4. The average Bonchev–Trinajstić information content (AvgIpc) is 3.71. The van der Waals surface area contributed by atoms with Gasteiger partial charge in [0.1, 0.15) is 5.52 Å². The predicted octanol–water partition coefficient (Wildman–Crippen LogP) is 13.4. The SMILES string of the molecule is c1ccc(-c2cc(-c3ccccc3)nc(-c3cccc(-c4c(-c5ccccc5-c5ccc6nc(-c7ccccc7)oc6c5)ccc5ccccc45)c3)n2)cc1. The maximum atomic E-state index is 6.32. The van der Waals surface area contributed by atoms with Crippen LogP contribution >= 0.6 is 0 Å². The summed E-state index contributed by atoms with van der Waals surface area (Å²) in [7, 11) is 0. The molecule has 10 aromatic rings. The molecule has 0 bridgehead atoms. The van der Waals surface area contributed by atoms with Gasteiger partial charge in [0.05, 0.1) is 11.4 Å². The normalized spacial score (nSPS) is 11.3. The van der Waals surface area contributed by atoms with E-state index < -0.39 is 0 Å². The van der Waals surface area contributed by atoms with Crippen LogP contribution in [0.25, 0.3) is 101 Å². The molecular weight excluding hydrogens is 671 g/mol. The molecule has 0 aliphatic carbocycles. The number of aromatic nitrogens is 3. The maximum absolute atomic E-state index is 6.32. The molecule has 0 fully saturated rings. The molecule has 2 heterocycles. The molecule has 10 rings (SSSR count). The number of benzene rings is 8. The van der Waals surface area contributed by atoms with Crippen LogP contribution in [0.4, 0.5) is 0 Å². The summed E-state index contributed by atoms with van der Waals surface area (Å²) >= 11 is 0. The van der Waals surface area contributed by atoms with Crippen molar-refractivity contribution in [1.82, 2.24) is 15.0 Å². The Morgan fingerprint density at radius 1 is 0.345 bits per heavy atom. The van der Waals surface area contributed by atoms with Crippen molar-refractivity contribution in [1.29, 1.82) is 0 Å². The second-order valence-electron chi connectivity index (χ2n) is 13.6. The van der Waals surface area contributed by atoms with E-state index in [0.29, 0.717) is 11.7 Å². The third-order valence-corrected chi connectivity index (χ3v) is 10.1. The monoisotopic (exact) mass is 703 g/mol. The van der Waals surface area contributed by atoms with Gasteiger partial charge in [-0.3, -0.25) is 0 Å². The zero-order chi connectivity index (χ0) is 36.6. The molecule has 4 heteroatoms. The van der Waals surface area contributed by atoms with Crippen molar-refractivity contribution in [3.63, 3.8) is 0 Å². The third kappa shape index (κ3) is 6.16. The van der Waals surface area contributed by atoms with E-state index in [-0.39, 0.29) is 0 Å². The fourth-order valence-electron chi connectivity index (χ4n) is 7.48. The Morgan fingerprint density at radius 3 is 1.67 bits per heavy atom. The largest absolute Gasteiger partial charge is 0.436 e. The van der Waals surface area contributed by atoms with Gasteiger partial charge >= 0.3 is 0 Å². The first-order chi connectivity index (χ1) is 27.2. The van der Waals surface area contributed by atoms with E-state index in [1.165, 1.54) is 10.8 Å². The van der Waals surface area contributed by atoms with Crippen LogP contribution in [0.5, 0.6) is 0 Å².